The average molecular weight is 389 g/mol. The van der Waals surface area contributed by atoms with Crippen molar-refractivity contribution in [1.82, 2.24) is 14.5 Å². The third-order valence-corrected chi connectivity index (χ3v) is 4.97. The van der Waals surface area contributed by atoms with Crippen LogP contribution < -0.4 is 16.2 Å². The molecule has 1 unspecified atom stereocenters. The monoisotopic (exact) mass is 389 g/mol. The van der Waals surface area contributed by atoms with Gasteiger partial charge in [-0.3, -0.25) is 9.36 Å². The summed E-state index contributed by atoms with van der Waals surface area (Å²) in [4.78, 5) is 23.4. The lowest BCUT2D eigenvalue weighted by Gasteiger charge is -2.21. The number of hydrogen-bond acceptors (Lipinski definition) is 5. The van der Waals surface area contributed by atoms with E-state index in [-0.39, 0.29) is 5.56 Å². The molecule has 7 heteroatoms. The van der Waals surface area contributed by atoms with E-state index in [0.29, 0.717) is 22.4 Å². The highest BCUT2D eigenvalue weighted by atomic mass is 19.1. The smallest absolute Gasteiger partial charge is 0.263 e. The number of anilines is 2. The first-order valence-corrected chi connectivity index (χ1v) is 9.14. The van der Waals surface area contributed by atoms with E-state index in [4.69, 9.17) is 5.73 Å². The number of halogens is 1. The van der Waals surface area contributed by atoms with Gasteiger partial charge in [-0.25, -0.2) is 9.97 Å². The Morgan fingerprint density at radius 2 is 1.79 bits per heavy atom. The van der Waals surface area contributed by atoms with Crippen LogP contribution in [-0.2, 0) is 0 Å². The van der Waals surface area contributed by atoms with E-state index in [1.165, 1.54) is 16.8 Å². The summed E-state index contributed by atoms with van der Waals surface area (Å²) in [7, 11) is 1.83. The molecule has 4 aromatic rings. The minimum atomic E-state index is -0.636. The Kier molecular flexibility index (Phi) is 4.82. The van der Waals surface area contributed by atoms with Gasteiger partial charge in [-0.05, 0) is 42.8 Å². The van der Waals surface area contributed by atoms with Gasteiger partial charge in [0.2, 0.25) is 5.95 Å². The van der Waals surface area contributed by atoms with Crippen LogP contribution in [0.15, 0.2) is 71.7 Å². The molecule has 0 spiro atoms. The number of hydrogen-bond donors (Lipinski definition) is 1. The molecule has 0 saturated carbocycles. The van der Waals surface area contributed by atoms with Crippen LogP contribution in [0, 0.1) is 12.9 Å². The van der Waals surface area contributed by atoms with Crippen molar-refractivity contribution >= 4 is 22.3 Å². The molecule has 0 aliphatic heterocycles. The predicted molar refractivity (Wildman–Crippen MR) is 112 cm³/mol. The van der Waals surface area contributed by atoms with Crippen LogP contribution in [0.3, 0.4) is 0 Å². The fraction of sp³-hybridized carbons (Fsp3) is 0.136. The molecule has 2 aromatic heterocycles. The van der Waals surface area contributed by atoms with Crippen LogP contribution >= 0.6 is 0 Å². The summed E-state index contributed by atoms with van der Waals surface area (Å²) in [5, 5.41) is 0.460. The second-order valence-corrected chi connectivity index (χ2v) is 6.79. The van der Waals surface area contributed by atoms with Crippen molar-refractivity contribution in [2.45, 2.75) is 13.1 Å². The Bertz CT molecular complexity index is 1220. The zero-order chi connectivity index (χ0) is 20.5. The first-order valence-electron chi connectivity index (χ1n) is 9.14. The zero-order valence-corrected chi connectivity index (χ0v) is 16.1. The van der Waals surface area contributed by atoms with Crippen molar-refractivity contribution in [3.63, 3.8) is 0 Å². The summed E-state index contributed by atoms with van der Waals surface area (Å²) in [5.41, 5.74) is 9.05. The van der Waals surface area contributed by atoms with Gasteiger partial charge in [-0.1, -0.05) is 30.3 Å². The Morgan fingerprint density at radius 3 is 2.48 bits per heavy atom. The Morgan fingerprint density at radius 1 is 1.07 bits per heavy atom. The molecule has 0 aliphatic rings. The molecule has 0 aliphatic carbocycles. The van der Waals surface area contributed by atoms with Crippen LogP contribution in [0.25, 0.3) is 10.9 Å². The molecule has 1 atom stereocenters. The lowest BCUT2D eigenvalue weighted by atomic mass is 10.1. The van der Waals surface area contributed by atoms with Gasteiger partial charge >= 0.3 is 0 Å². The Balaban J connectivity index is 1.82. The first kappa shape index (κ1) is 18.8. The van der Waals surface area contributed by atoms with Crippen molar-refractivity contribution in [2.75, 3.05) is 11.9 Å². The maximum absolute atomic E-state index is 13.3. The molecular formula is C22H20FN5O. The standard InChI is InChI=1S/C22H20FN5O/c1-14-26-19-10-8-16(27(2)17-9-11-20(23)25-13-17)12-18(19)22(29)28(14)21(24)15-6-4-3-5-7-15/h3-13,21H,24H2,1-2H3. The molecule has 0 amide bonds. The zero-order valence-electron chi connectivity index (χ0n) is 16.1. The lowest BCUT2D eigenvalue weighted by Crippen LogP contribution is -2.33. The summed E-state index contributed by atoms with van der Waals surface area (Å²) >= 11 is 0. The third kappa shape index (κ3) is 3.48. The van der Waals surface area contributed by atoms with Gasteiger partial charge in [0, 0.05) is 12.7 Å². The molecule has 2 heterocycles. The van der Waals surface area contributed by atoms with E-state index in [1.807, 2.05) is 48.3 Å². The van der Waals surface area contributed by atoms with Crippen molar-refractivity contribution in [1.29, 1.82) is 0 Å². The van der Waals surface area contributed by atoms with Gasteiger partial charge in [0.15, 0.2) is 0 Å². The summed E-state index contributed by atoms with van der Waals surface area (Å²) in [6.07, 6.45) is 0.805. The minimum absolute atomic E-state index is 0.212. The van der Waals surface area contributed by atoms with Gasteiger partial charge in [-0.2, -0.15) is 4.39 Å². The summed E-state index contributed by atoms with van der Waals surface area (Å²) < 4.78 is 14.6. The SMILES string of the molecule is Cc1nc2ccc(N(C)c3ccc(F)nc3)cc2c(=O)n1C(N)c1ccccc1. The summed E-state index contributed by atoms with van der Waals surface area (Å²) in [6.45, 7) is 1.77. The van der Waals surface area contributed by atoms with Crippen molar-refractivity contribution < 1.29 is 4.39 Å². The van der Waals surface area contributed by atoms with Gasteiger partial charge in [0.1, 0.15) is 12.0 Å². The lowest BCUT2D eigenvalue weighted by molar-refractivity contribution is 0.564. The number of benzene rings is 2. The molecular weight excluding hydrogens is 369 g/mol. The van der Waals surface area contributed by atoms with Crippen molar-refractivity contribution in [2.24, 2.45) is 5.73 Å². The van der Waals surface area contributed by atoms with Crippen LogP contribution in [0.4, 0.5) is 15.8 Å². The number of aromatic nitrogens is 3. The molecule has 0 bridgehead atoms. The predicted octanol–water partition coefficient (Wildman–Crippen LogP) is 3.51. The fourth-order valence-electron chi connectivity index (χ4n) is 3.35. The topological polar surface area (TPSA) is 77.0 Å². The number of nitrogens with two attached hydrogens (primary N) is 1. The number of fused-ring (bicyclic) bond motifs is 1. The molecule has 0 radical (unpaired) electrons. The maximum Gasteiger partial charge on any atom is 0.263 e. The van der Waals surface area contributed by atoms with Gasteiger partial charge in [0.25, 0.3) is 5.56 Å². The summed E-state index contributed by atoms with van der Waals surface area (Å²) in [6, 6.07) is 17.8. The minimum Gasteiger partial charge on any atom is -0.343 e. The molecule has 4 rings (SSSR count). The highest BCUT2D eigenvalue weighted by molar-refractivity contribution is 5.83. The number of pyridine rings is 1. The first-order chi connectivity index (χ1) is 14.0. The average Bonchev–Trinajstić information content (AvgIpc) is 2.74. The van der Waals surface area contributed by atoms with Crippen molar-refractivity contribution in [3.05, 3.63) is 94.5 Å². The molecule has 146 valence electrons. The van der Waals surface area contributed by atoms with Crippen LogP contribution in [0.2, 0.25) is 0 Å². The normalized spacial score (nSPS) is 12.1. The largest absolute Gasteiger partial charge is 0.343 e. The summed E-state index contributed by atoms with van der Waals surface area (Å²) in [5.74, 6) is 0.000754. The number of nitrogens with zero attached hydrogens (tertiary/aromatic N) is 4. The Labute approximate surface area is 167 Å². The van der Waals surface area contributed by atoms with Gasteiger partial charge < -0.3 is 10.6 Å². The number of aryl methyl sites for hydroxylation is 1. The van der Waals surface area contributed by atoms with E-state index >= 15 is 0 Å². The maximum atomic E-state index is 13.3. The quantitative estimate of drug-likeness (QED) is 0.541. The van der Waals surface area contributed by atoms with E-state index in [1.54, 1.807) is 25.1 Å². The van der Waals surface area contributed by atoms with E-state index < -0.39 is 12.1 Å². The van der Waals surface area contributed by atoms with Crippen LogP contribution in [0.1, 0.15) is 17.6 Å². The second kappa shape index (κ2) is 7.44. The molecule has 2 N–H and O–H groups in total. The highest BCUT2D eigenvalue weighted by Crippen LogP contribution is 2.25. The van der Waals surface area contributed by atoms with E-state index in [2.05, 4.69) is 9.97 Å². The third-order valence-electron chi connectivity index (χ3n) is 4.97. The van der Waals surface area contributed by atoms with Crippen LogP contribution in [-0.4, -0.2) is 21.6 Å². The number of rotatable bonds is 4. The van der Waals surface area contributed by atoms with E-state index in [0.717, 1.165) is 11.3 Å². The van der Waals surface area contributed by atoms with Crippen molar-refractivity contribution in [3.8, 4) is 0 Å². The van der Waals surface area contributed by atoms with E-state index in [9.17, 15) is 9.18 Å². The highest BCUT2D eigenvalue weighted by Gasteiger charge is 2.16. The Hall–Kier alpha value is -3.58. The molecule has 0 fully saturated rings. The molecule has 29 heavy (non-hydrogen) atoms. The van der Waals surface area contributed by atoms with Gasteiger partial charge in [0.05, 0.1) is 22.8 Å². The molecule has 6 nitrogen and oxygen atoms in total. The molecule has 2 aromatic carbocycles. The van der Waals surface area contributed by atoms with Crippen LogP contribution in [0.5, 0.6) is 0 Å². The second-order valence-electron chi connectivity index (χ2n) is 6.79. The fourth-order valence-corrected chi connectivity index (χ4v) is 3.35. The van der Waals surface area contributed by atoms with Gasteiger partial charge in [-0.15, -0.1) is 0 Å². The molecule has 0 saturated heterocycles.